The molecule has 2 aromatic rings. The van der Waals surface area contributed by atoms with Crippen LogP contribution < -0.4 is 4.74 Å². The van der Waals surface area contributed by atoms with Crippen molar-refractivity contribution in [3.05, 3.63) is 60.2 Å². The van der Waals surface area contributed by atoms with Crippen LogP contribution in [0.1, 0.15) is 18.4 Å². The normalized spacial score (nSPS) is 16.1. The van der Waals surface area contributed by atoms with Crippen LogP contribution in [0.25, 0.3) is 0 Å². The summed E-state index contributed by atoms with van der Waals surface area (Å²) < 4.78 is 5.76. The lowest BCUT2D eigenvalue weighted by Gasteiger charge is -2.12. The SMILES string of the molecule is OCC1(Cc2ccc(Oc3ccccc3)cc2)CC1. The maximum Gasteiger partial charge on any atom is 0.127 e. The summed E-state index contributed by atoms with van der Waals surface area (Å²) in [6.07, 6.45) is 3.26. The van der Waals surface area contributed by atoms with Gasteiger partial charge in [0.05, 0.1) is 0 Å². The van der Waals surface area contributed by atoms with E-state index in [1.165, 1.54) is 5.56 Å². The van der Waals surface area contributed by atoms with Gasteiger partial charge in [0.25, 0.3) is 0 Å². The van der Waals surface area contributed by atoms with E-state index in [9.17, 15) is 5.11 Å². The molecule has 0 atom stereocenters. The van der Waals surface area contributed by atoms with Crippen molar-refractivity contribution in [3.63, 3.8) is 0 Å². The summed E-state index contributed by atoms with van der Waals surface area (Å²) in [5.74, 6) is 1.70. The third kappa shape index (κ3) is 2.96. The van der Waals surface area contributed by atoms with Crippen molar-refractivity contribution in [3.8, 4) is 11.5 Å². The third-order valence-corrected chi connectivity index (χ3v) is 3.77. The van der Waals surface area contributed by atoms with Gasteiger partial charge in [0.1, 0.15) is 11.5 Å². The molecule has 19 heavy (non-hydrogen) atoms. The molecule has 1 aliphatic carbocycles. The Hall–Kier alpha value is -1.80. The zero-order valence-electron chi connectivity index (χ0n) is 10.9. The molecule has 0 radical (unpaired) electrons. The number of benzene rings is 2. The molecule has 3 rings (SSSR count). The molecule has 1 fully saturated rings. The van der Waals surface area contributed by atoms with Gasteiger partial charge in [-0.15, -0.1) is 0 Å². The summed E-state index contributed by atoms with van der Waals surface area (Å²) in [5.41, 5.74) is 1.44. The van der Waals surface area contributed by atoms with E-state index in [1.54, 1.807) is 0 Å². The Morgan fingerprint density at radius 2 is 1.53 bits per heavy atom. The Morgan fingerprint density at radius 1 is 0.895 bits per heavy atom. The van der Waals surface area contributed by atoms with Crippen molar-refractivity contribution in [1.29, 1.82) is 0 Å². The van der Waals surface area contributed by atoms with Crippen LogP contribution in [-0.2, 0) is 6.42 Å². The quantitative estimate of drug-likeness (QED) is 0.879. The van der Waals surface area contributed by atoms with Gasteiger partial charge in [0.2, 0.25) is 0 Å². The minimum Gasteiger partial charge on any atom is -0.457 e. The number of rotatable bonds is 5. The molecule has 2 aromatic carbocycles. The van der Waals surface area contributed by atoms with Crippen LogP contribution in [0.15, 0.2) is 54.6 Å². The minimum absolute atomic E-state index is 0.168. The molecule has 0 unspecified atom stereocenters. The smallest absolute Gasteiger partial charge is 0.127 e. The number of para-hydroxylation sites is 1. The highest BCUT2D eigenvalue weighted by atomic mass is 16.5. The Kier molecular flexibility index (Phi) is 3.26. The second-order valence-corrected chi connectivity index (χ2v) is 5.39. The van der Waals surface area contributed by atoms with E-state index in [2.05, 4.69) is 12.1 Å². The van der Waals surface area contributed by atoms with E-state index < -0.39 is 0 Å². The molecule has 2 heteroatoms. The summed E-state index contributed by atoms with van der Waals surface area (Å²) in [6, 6.07) is 18.0. The molecule has 0 bridgehead atoms. The highest BCUT2D eigenvalue weighted by Crippen LogP contribution is 2.47. The van der Waals surface area contributed by atoms with Crippen LogP contribution in [-0.4, -0.2) is 11.7 Å². The predicted octanol–water partition coefficient (Wildman–Crippen LogP) is 3.79. The molecular formula is C17H18O2. The van der Waals surface area contributed by atoms with Crippen LogP contribution >= 0.6 is 0 Å². The second-order valence-electron chi connectivity index (χ2n) is 5.39. The Labute approximate surface area is 113 Å². The molecule has 0 saturated heterocycles. The molecule has 98 valence electrons. The molecule has 1 saturated carbocycles. The average Bonchev–Trinajstić information content (AvgIpc) is 3.23. The van der Waals surface area contributed by atoms with Crippen LogP contribution in [0.3, 0.4) is 0 Å². The van der Waals surface area contributed by atoms with Gasteiger partial charge in [-0.3, -0.25) is 0 Å². The van der Waals surface area contributed by atoms with Gasteiger partial charge in [0, 0.05) is 6.61 Å². The van der Waals surface area contributed by atoms with Crippen molar-refractivity contribution in [1.82, 2.24) is 0 Å². The van der Waals surface area contributed by atoms with Crippen molar-refractivity contribution >= 4 is 0 Å². The van der Waals surface area contributed by atoms with Crippen molar-refractivity contribution < 1.29 is 9.84 Å². The number of hydrogen-bond acceptors (Lipinski definition) is 2. The first-order valence-electron chi connectivity index (χ1n) is 6.72. The minimum atomic E-state index is 0.168. The Bertz CT molecular complexity index is 527. The van der Waals surface area contributed by atoms with Crippen LogP contribution in [0.4, 0.5) is 0 Å². The first-order valence-corrected chi connectivity index (χ1v) is 6.72. The molecule has 0 aromatic heterocycles. The Morgan fingerprint density at radius 3 is 2.11 bits per heavy atom. The van der Waals surface area contributed by atoms with E-state index >= 15 is 0 Å². The number of ether oxygens (including phenoxy) is 1. The first-order chi connectivity index (χ1) is 9.30. The van der Waals surface area contributed by atoms with E-state index in [1.807, 2.05) is 42.5 Å². The van der Waals surface area contributed by atoms with Crippen LogP contribution in [0.5, 0.6) is 11.5 Å². The van der Waals surface area contributed by atoms with Gasteiger partial charge in [-0.25, -0.2) is 0 Å². The molecule has 1 N–H and O–H groups in total. The molecule has 1 aliphatic rings. The summed E-state index contributed by atoms with van der Waals surface area (Å²) >= 11 is 0. The first kappa shape index (κ1) is 12.2. The lowest BCUT2D eigenvalue weighted by Crippen LogP contribution is -2.09. The zero-order valence-corrected chi connectivity index (χ0v) is 10.9. The summed E-state index contributed by atoms with van der Waals surface area (Å²) in [4.78, 5) is 0. The molecule has 0 heterocycles. The molecule has 0 aliphatic heterocycles. The average molecular weight is 254 g/mol. The lowest BCUT2D eigenvalue weighted by molar-refractivity contribution is 0.211. The van der Waals surface area contributed by atoms with Gasteiger partial charge in [-0.2, -0.15) is 0 Å². The van der Waals surface area contributed by atoms with E-state index in [-0.39, 0.29) is 5.41 Å². The maximum atomic E-state index is 9.34. The highest BCUT2D eigenvalue weighted by Gasteiger charge is 2.41. The summed E-state index contributed by atoms with van der Waals surface area (Å²) in [7, 11) is 0. The lowest BCUT2D eigenvalue weighted by atomic mass is 9.97. The second kappa shape index (κ2) is 5.06. The fourth-order valence-corrected chi connectivity index (χ4v) is 2.30. The summed E-state index contributed by atoms with van der Waals surface area (Å²) in [5, 5.41) is 9.34. The molecule has 2 nitrogen and oxygen atoms in total. The number of hydrogen-bond donors (Lipinski definition) is 1. The van der Waals surface area contributed by atoms with Crippen LogP contribution in [0, 0.1) is 5.41 Å². The van der Waals surface area contributed by atoms with Gasteiger partial charge >= 0.3 is 0 Å². The third-order valence-electron chi connectivity index (χ3n) is 3.77. The topological polar surface area (TPSA) is 29.5 Å². The van der Waals surface area contributed by atoms with Gasteiger partial charge in [-0.05, 0) is 54.5 Å². The van der Waals surface area contributed by atoms with Gasteiger partial charge in [-0.1, -0.05) is 30.3 Å². The number of aliphatic hydroxyl groups excluding tert-OH is 1. The van der Waals surface area contributed by atoms with Gasteiger partial charge in [0.15, 0.2) is 0 Å². The fourth-order valence-electron chi connectivity index (χ4n) is 2.30. The standard InChI is InChI=1S/C17H18O2/c18-13-17(10-11-17)12-14-6-8-16(9-7-14)19-15-4-2-1-3-5-15/h1-9,18H,10-13H2. The zero-order chi connectivity index (χ0) is 13.1. The predicted molar refractivity (Wildman–Crippen MR) is 75.4 cm³/mol. The molecular weight excluding hydrogens is 236 g/mol. The van der Waals surface area contributed by atoms with E-state index in [0.717, 1.165) is 30.8 Å². The van der Waals surface area contributed by atoms with E-state index in [0.29, 0.717) is 6.61 Å². The van der Waals surface area contributed by atoms with Crippen molar-refractivity contribution in [2.75, 3.05) is 6.61 Å². The monoisotopic (exact) mass is 254 g/mol. The fraction of sp³-hybridized carbons (Fsp3) is 0.294. The van der Waals surface area contributed by atoms with Gasteiger partial charge < -0.3 is 9.84 Å². The summed E-state index contributed by atoms with van der Waals surface area (Å²) in [6.45, 7) is 0.301. The molecule has 0 amide bonds. The molecule has 0 spiro atoms. The van der Waals surface area contributed by atoms with E-state index in [4.69, 9.17) is 4.74 Å². The highest BCUT2D eigenvalue weighted by molar-refractivity contribution is 5.33. The number of aliphatic hydroxyl groups is 1. The largest absolute Gasteiger partial charge is 0.457 e. The maximum absolute atomic E-state index is 9.34. The van der Waals surface area contributed by atoms with Crippen LogP contribution in [0.2, 0.25) is 0 Å². The van der Waals surface area contributed by atoms with Crippen molar-refractivity contribution in [2.24, 2.45) is 5.41 Å². The van der Waals surface area contributed by atoms with Crippen molar-refractivity contribution in [2.45, 2.75) is 19.3 Å². The Balaban J connectivity index is 1.66.